The number of ether oxygens (including phenoxy) is 1. The Morgan fingerprint density at radius 1 is 1.21 bits per heavy atom. The third-order valence-corrected chi connectivity index (χ3v) is 8.08. The molecule has 4 aromatic heterocycles. The van der Waals surface area contributed by atoms with Crippen LogP contribution in [-0.2, 0) is 24.9 Å². The molecule has 10 heteroatoms. The molecule has 5 aromatic rings. The van der Waals surface area contributed by atoms with Crippen molar-refractivity contribution in [2.45, 2.75) is 32.0 Å². The molecule has 0 saturated heterocycles. The fraction of sp³-hybridized carbons (Fsp3) is 0.241. The van der Waals surface area contributed by atoms with Crippen molar-refractivity contribution in [3.63, 3.8) is 0 Å². The summed E-state index contributed by atoms with van der Waals surface area (Å²) in [6.07, 6.45) is 7.11. The molecule has 7 rings (SSSR count). The largest absolute Gasteiger partial charge is 0.490 e. The maximum Gasteiger partial charge on any atom is 0.246 e. The van der Waals surface area contributed by atoms with Crippen LogP contribution < -0.4 is 4.74 Å². The Labute approximate surface area is 228 Å². The van der Waals surface area contributed by atoms with E-state index < -0.39 is 0 Å². The molecule has 0 radical (unpaired) electrons. The molecular formula is C29H25FN6O2S. The summed E-state index contributed by atoms with van der Waals surface area (Å²) in [5, 5.41) is 12.3. The number of aromatic nitrogens is 5. The van der Waals surface area contributed by atoms with Crippen molar-refractivity contribution in [1.82, 2.24) is 29.4 Å². The zero-order valence-electron chi connectivity index (χ0n) is 21.3. The number of nitrogens with zero attached hydrogens (tertiary/aromatic N) is 6. The van der Waals surface area contributed by atoms with Crippen molar-refractivity contribution in [2.75, 3.05) is 6.54 Å². The summed E-state index contributed by atoms with van der Waals surface area (Å²) in [6, 6.07) is 8.75. The van der Waals surface area contributed by atoms with Crippen molar-refractivity contribution in [3.8, 4) is 39.5 Å². The number of rotatable bonds is 6. The number of fused-ring (bicyclic) bond motifs is 2. The zero-order valence-corrected chi connectivity index (χ0v) is 22.1. The van der Waals surface area contributed by atoms with Crippen LogP contribution in [0.2, 0.25) is 0 Å². The Morgan fingerprint density at radius 2 is 2.08 bits per heavy atom. The summed E-state index contributed by atoms with van der Waals surface area (Å²) in [4.78, 5) is 19.2. The lowest BCUT2D eigenvalue weighted by Crippen LogP contribution is -2.37. The summed E-state index contributed by atoms with van der Waals surface area (Å²) in [5.41, 5.74) is 5.63. The van der Waals surface area contributed by atoms with E-state index in [9.17, 15) is 9.18 Å². The molecule has 196 valence electrons. The second-order valence-electron chi connectivity index (χ2n) is 9.92. The van der Waals surface area contributed by atoms with Crippen LogP contribution in [0.25, 0.3) is 43.9 Å². The van der Waals surface area contributed by atoms with Crippen molar-refractivity contribution < 1.29 is 13.9 Å². The van der Waals surface area contributed by atoms with Crippen molar-refractivity contribution in [2.24, 2.45) is 7.05 Å². The van der Waals surface area contributed by atoms with Crippen LogP contribution in [-0.4, -0.2) is 48.0 Å². The molecule has 1 fully saturated rings. The van der Waals surface area contributed by atoms with Gasteiger partial charge in [-0.15, -0.1) is 11.3 Å². The Morgan fingerprint density at radius 3 is 2.85 bits per heavy atom. The monoisotopic (exact) mass is 540 g/mol. The molecule has 2 aliphatic rings. The van der Waals surface area contributed by atoms with Crippen LogP contribution >= 0.6 is 11.3 Å². The Hall–Kier alpha value is -4.31. The van der Waals surface area contributed by atoms with E-state index in [1.165, 1.54) is 18.2 Å². The standard InChI is InChI=1S/C29H25FN6O2S/c1-3-25(37)35-9-10-36-19(16-35)13-23(33-36)28-26(21-7-4-18(30)12-24(21)38-20-5-6-20)29-22(8-11-39-29)27(32-28)17-14-31-34(2)15-17/h3-4,7-8,11-15,20H,1,5-6,9-10,16H2,2H3. The fourth-order valence-electron chi connectivity index (χ4n) is 5.09. The van der Waals surface area contributed by atoms with Gasteiger partial charge in [0.15, 0.2) is 0 Å². The van der Waals surface area contributed by atoms with Gasteiger partial charge < -0.3 is 9.64 Å². The first-order chi connectivity index (χ1) is 19.0. The minimum absolute atomic E-state index is 0.101. The molecule has 0 unspecified atom stereocenters. The molecule has 5 heterocycles. The highest BCUT2D eigenvalue weighted by molar-refractivity contribution is 7.18. The summed E-state index contributed by atoms with van der Waals surface area (Å²) in [5.74, 6) is 0.0636. The van der Waals surface area contributed by atoms with E-state index in [1.807, 2.05) is 29.4 Å². The lowest BCUT2D eigenvalue weighted by atomic mass is 9.97. The fourth-order valence-corrected chi connectivity index (χ4v) is 6.04. The molecular weight excluding hydrogens is 515 g/mol. The average molecular weight is 541 g/mol. The van der Waals surface area contributed by atoms with Gasteiger partial charge in [-0.2, -0.15) is 10.2 Å². The predicted octanol–water partition coefficient (Wildman–Crippen LogP) is 5.44. The van der Waals surface area contributed by atoms with Crippen molar-refractivity contribution >= 4 is 27.3 Å². The number of halogens is 1. The van der Waals surface area contributed by atoms with E-state index in [0.29, 0.717) is 36.8 Å². The van der Waals surface area contributed by atoms with Crippen molar-refractivity contribution in [3.05, 3.63) is 72.3 Å². The predicted molar refractivity (Wildman–Crippen MR) is 148 cm³/mol. The lowest BCUT2D eigenvalue weighted by Gasteiger charge is -2.26. The number of hydrogen-bond acceptors (Lipinski definition) is 6. The number of carbonyl (C=O) groups excluding carboxylic acids is 1. The number of thiophene rings is 1. The van der Waals surface area contributed by atoms with Crippen LogP contribution in [0.5, 0.6) is 5.75 Å². The van der Waals surface area contributed by atoms with Crippen LogP contribution in [0.15, 0.2) is 60.8 Å². The molecule has 8 nitrogen and oxygen atoms in total. The van der Waals surface area contributed by atoms with E-state index in [1.54, 1.807) is 33.2 Å². The lowest BCUT2D eigenvalue weighted by molar-refractivity contribution is -0.127. The summed E-state index contributed by atoms with van der Waals surface area (Å²) in [7, 11) is 1.88. The van der Waals surface area contributed by atoms with Crippen LogP contribution in [0, 0.1) is 5.82 Å². The molecule has 1 aliphatic heterocycles. The highest BCUT2D eigenvalue weighted by atomic mass is 32.1. The van der Waals surface area contributed by atoms with Gasteiger partial charge in [0, 0.05) is 52.6 Å². The number of amides is 1. The molecule has 1 aliphatic carbocycles. The summed E-state index contributed by atoms with van der Waals surface area (Å²) in [6.45, 7) is 5.20. The van der Waals surface area contributed by atoms with Gasteiger partial charge in [-0.25, -0.2) is 9.37 Å². The number of pyridine rings is 1. The van der Waals surface area contributed by atoms with Crippen molar-refractivity contribution in [1.29, 1.82) is 0 Å². The molecule has 1 saturated carbocycles. The van der Waals surface area contributed by atoms with Gasteiger partial charge in [0.1, 0.15) is 23.0 Å². The first-order valence-corrected chi connectivity index (χ1v) is 13.7. The average Bonchev–Trinajstić information content (AvgIpc) is 3.30. The number of benzene rings is 1. The zero-order chi connectivity index (χ0) is 26.7. The van der Waals surface area contributed by atoms with Gasteiger partial charge in [0.2, 0.25) is 5.91 Å². The van der Waals surface area contributed by atoms with Crippen LogP contribution in [0.1, 0.15) is 18.5 Å². The van der Waals surface area contributed by atoms with E-state index in [2.05, 4.69) is 17.7 Å². The first kappa shape index (κ1) is 23.8. The van der Waals surface area contributed by atoms with E-state index in [-0.39, 0.29) is 17.8 Å². The summed E-state index contributed by atoms with van der Waals surface area (Å²) >= 11 is 1.61. The molecule has 0 atom stereocenters. The molecule has 0 spiro atoms. The van der Waals surface area contributed by atoms with Gasteiger partial charge in [0.25, 0.3) is 0 Å². The smallest absolute Gasteiger partial charge is 0.246 e. The van der Waals surface area contributed by atoms with Gasteiger partial charge in [-0.3, -0.25) is 14.2 Å². The highest BCUT2D eigenvalue weighted by Crippen LogP contribution is 2.46. The molecule has 0 bridgehead atoms. The topological polar surface area (TPSA) is 78.1 Å². The van der Waals surface area contributed by atoms with Gasteiger partial charge in [0.05, 0.1) is 36.8 Å². The van der Waals surface area contributed by atoms with Gasteiger partial charge >= 0.3 is 0 Å². The molecule has 1 aromatic carbocycles. The molecule has 0 N–H and O–H groups in total. The number of carbonyl (C=O) groups is 1. The minimum atomic E-state index is -0.345. The third kappa shape index (κ3) is 4.21. The minimum Gasteiger partial charge on any atom is -0.490 e. The van der Waals surface area contributed by atoms with E-state index in [0.717, 1.165) is 51.0 Å². The van der Waals surface area contributed by atoms with Crippen LogP contribution in [0.4, 0.5) is 4.39 Å². The number of aryl methyl sites for hydroxylation is 1. The van der Waals surface area contributed by atoms with Gasteiger partial charge in [-0.05, 0) is 48.6 Å². The van der Waals surface area contributed by atoms with E-state index >= 15 is 0 Å². The first-order valence-electron chi connectivity index (χ1n) is 12.8. The maximum absolute atomic E-state index is 14.4. The quantitative estimate of drug-likeness (QED) is 0.268. The maximum atomic E-state index is 14.4. The Bertz CT molecular complexity index is 1760. The SMILES string of the molecule is C=CC(=O)N1CCn2nc(-c3nc(-c4cnn(C)c4)c4ccsc4c3-c3ccc(F)cc3OC3CC3)cc2C1. The third-order valence-electron chi connectivity index (χ3n) is 7.14. The number of hydrogen-bond donors (Lipinski definition) is 0. The summed E-state index contributed by atoms with van der Waals surface area (Å²) < 4.78 is 25.3. The van der Waals surface area contributed by atoms with Gasteiger partial charge in [-0.1, -0.05) is 6.58 Å². The Balaban J connectivity index is 1.46. The Kier molecular flexibility index (Phi) is 5.59. The normalized spacial score (nSPS) is 15.0. The highest BCUT2D eigenvalue weighted by Gasteiger charge is 2.29. The van der Waals surface area contributed by atoms with Crippen LogP contribution in [0.3, 0.4) is 0 Å². The second kappa shape index (κ2) is 9.16. The molecule has 39 heavy (non-hydrogen) atoms. The molecule has 1 amide bonds. The second-order valence-corrected chi connectivity index (χ2v) is 10.8. The van der Waals surface area contributed by atoms with E-state index in [4.69, 9.17) is 14.8 Å².